The van der Waals surface area contributed by atoms with Gasteiger partial charge in [-0.3, -0.25) is 0 Å². The molecule has 0 aromatic rings. The van der Waals surface area contributed by atoms with Crippen molar-refractivity contribution in [3.63, 3.8) is 0 Å². The van der Waals surface area contributed by atoms with Crippen molar-refractivity contribution in [3.8, 4) is 0 Å². The van der Waals surface area contributed by atoms with Crippen molar-refractivity contribution in [2.24, 2.45) is 0 Å². The van der Waals surface area contributed by atoms with E-state index in [9.17, 15) is 0 Å². The molecule has 0 amide bonds. The Balaban J connectivity index is 0. The van der Waals surface area contributed by atoms with Gasteiger partial charge in [-0.05, 0) is 0 Å². The minimum absolute atomic E-state index is 0. The minimum atomic E-state index is 0. The third-order valence-corrected chi connectivity index (χ3v) is 0. The van der Waals surface area contributed by atoms with Gasteiger partial charge in [-0.15, -0.1) is 0 Å². The Hall–Kier alpha value is 3.05. The number of hydrogen-bond acceptors (Lipinski definition) is 0. The number of rotatable bonds is 0. The third-order valence-electron chi connectivity index (χ3n) is 0. The van der Waals surface area contributed by atoms with Crippen molar-refractivity contribution in [2.45, 2.75) is 0 Å². The molecule has 0 spiro atoms. The summed E-state index contributed by atoms with van der Waals surface area (Å²) in [4.78, 5) is 0. The van der Waals surface area contributed by atoms with Gasteiger partial charge in [-0.25, -0.2) is 0 Å². The average molecular weight is 578 g/mol. The van der Waals surface area contributed by atoms with Crippen LogP contribution in [0.4, 0.5) is 0 Å². The molecule has 0 aliphatic carbocycles. The number of hydrogen-bond donors (Lipinski definition) is 0. The molecule has 4 heavy (non-hydrogen) atoms. The Kier molecular flexibility index (Phi) is 115. The van der Waals surface area contributed by atoms with Crippen LogP contribution < -0.4 is 0 Å². The molecule has 0 aliphatic rings. The third kappa shape index (κ3) is 8.90. The first-order valence-electron chi connectivity index (χ1n) is 0. The van der Waals surface area contributed by atoms with E-state index >= 15 is 0 Å². The van der Waals surface area contributed by atoms with Crippen LogP contribution >= 0.6 is 0 Å². The quantitative estimate of drug-likeness (QED) is 0.297. The van der Waals surface area contributed by atoms with Crippen molar-refractivity contribution >= 4 is 54.6 Å². The van der Waals surface area contributed by atoms with Gasteiger partial charge in [0.25, 0.3) is 0 Å². The summed E-state index contributed by atoms with van der Waals surface area (Å²) >= 11 is 0. The van der Waals surface area contributed by atoms with Gasteiger partial charge in [0.2, 0.25) is 0 Å². The van der Waals surface area contributed by atoms with Crippen LogP contribution in [0.3, 0.4) is 0 Å². The maximum atomic E-state index is 0. The molecule has 0 aliphatic heterocycles. The molecule has 0 aromatic carbocycles. The van der Waals surface area contributed by atoms with Gasteiger partial charge < -0.3 is 0 Å². The van der Waals surface area contributed by atoms with E-state index in [0.717, 1.165) is 0 Å². The van der Waals surface area contributed by atoms with E-state index in [1.165, 1.54) is 0 Å². The Morgan fingerprint density at radius 1 is 0.750 bits per heavy atom. The second-order valence-corrected chi connectivity index (χ2v) is 0. The SMILES string of the molecule is [Cu].[Mo].[PbH2].[PbH2]. The van der Waals surface area contributed by atoms with Gasteiger partial charge in [0.1, 0.15) is 0 Å². The molecule has 0 saturated carbocycles. The van der Waals surface area contributed by atoms with Crippen molar-refractivity contribution in [1.82, 2.24) is 0 Å². The van der Waals surface area contributed by atoms with Crippen LogP contribution in [0.25, 0.3) is 0 Å². The monoisotopic (exact) mass is 581 g/mol. The normalized spacial score (nSPS) is 0. The van der Waals surface area contributed by atoms with Crippen molar-refractivity contribution in [3.05, 3.63) is 0 Å². The second kappa shape index (κ2) is 16.6. The van der Waals surface area contributed by atoms with Gasteiger partial charge in [0, 0.05) is 38.1 Å². The molecule has 0 bridgehead atoms. The van der Waals surface area contributed by atoms with E-state index in [2.05, 4.69) is 0 Å². The molecule has 0 nitrogen and oxygen atoms in total. The van der Waals surface area contributed by atoms with E-state index in [0.29, 0.717) is 0 Å². The summed E-state index contributed by atoms with van der Waals surface area (Å²) < 4.78 is 0. The van der Waals surface area contributed by atoms with Crippen LogP contribution in [0.1, 0.15) is 0 Å². The Bertz CT molecular complexity index is 6.00. The molecular weight excluding hydrogens is 574 g/mol. The zero-order valence-corrected chi connectivity index (χ0v) is 16.1. The fourth-order valence-electron chi connectivity index (χ4n) is 0. The first kappa shape index (κ1) is 27.7. The van der Waals surface area contributed by atoms with Gasteiger partial charge in [0.05, 0.1) is 0 Å². The van der Waals surface area contributed by atoms with Gasteiger partial charge in [-0.2, -0.15) is 0 Å². The zero-order chi connectivity index (χ0) is 0. The molecule has 4 heteroatoms. The molecule has 0 rings (SSSR count). The summed E-state index contributed by atoms with van der Waals surface area (Å²) in [5.41, 5.74) is 0. The molecule has 0 atom stereocenters. The molecule has 5 radical (unpaired) electrons. The first-order chi connectivity index (χ1) is 0. The Morgan fingerprint density at radius 2 is 0.750 bits per heavy atom. The van der Waals surface area contributed by atoms with Gasteiger partial charge >= 0.3 is 54.6 Å². The molecule has 0 unspecified atom stereocenters. The zero-order valence-electron chi connectivity index (χ0n) is 2.12. The fraction of sp³-hybridized carbons (Fsp3) is 0. The van der Waals surface area contributed by atoms with Crippen molar-refractivity contribution in [1.29, 1.82) is 0 Å². The summed E-state index contributed by atoms with van der Waals surface area (Å²) in [5, 5.41) is 0. The molecule has 0 fully saturated rings. The van der Waals surface area contributed by atoms with Crippen LogP contribution in [-0.4, -0.2) is 54.6 Å². The maximum absolute atomic E-state index is 0. The second-order valence-electron chi connectivity index (χ2n) is 0. The average Bonchev–Trinajstić information content (AvgIpc) is 0. The van der Waals surface area contributed by atoms with E-state index < -0.39 is 0 Å². The van der Waals surface area contributed by atoms with Crippen LogP contribution in [0.15, 0.2) is 0 Å². The Labute approximate surface area is 90.9 Å². The topological polar surface area (TPSA) is 0 Å². The molecule has 0 saturated heterocycles. The van der Waals surface area contributed by atoms with Crippen molar-refractivity contribution < 1.29 is 38.1 Å². The molecule has 0 aromatic heterocycles. The summed E-state index contributed by atoms with van der Waals surface area (Å²) in [5.74, 6) is 0. The summed E-state index contributed by atoms with van der Waals surface area (Å²) in [7, 11) is 0. The van der Waals surface area contributed by atoms with Crippen LogP contribution in [0.5, 0.6) is 0 Å². The van der Waals surface area contributed by atoms with E-state index in [1.54, 1.807) is 0 Å². The molecular formula is H4CuMoPb2. The standard InChI is InChI=1S/Cu.Mo.2Pb.4H. The first-order valence-corrected chi connectivity index (χ1v) is 0. The van der Waals surface area contributed by atoms with Crippen LogP contribution in [-0.2, 0) is 38.1 Å². The van der Waals surface area contributed by atoms with E-state index in [-0.39, 0.29) is 92.7 Å². The molecule has 0 heterocycles. The van der Waals surface area contributed by atoms with Crippen molar-refractivity contribution in [2.75, 3.05) is 0 Å². The molecule has 0 N–H and O–H groups in total. The van der Waals surface area contributed by atoms with Gasteiger partial charge in [-0.1, -0.05) is 0 Å². The van der Waals surface area contributed by atoms with Crippen LogP contribution in [0.2, 0.25) is 0 Å². The summed E-state index contributed by atoms with van der Waals surface area (Å²) in [6, 6.07) is 0. The fourth-order valence-corrected chi connectivity index (χ4v) is 0. The van der Waals surface area contributed by atoms with Crippen LogP contribution in [0, 0.1) is 0 Å². The summed E-state index contributed by atoms with van der Waals surface area (Å²) in [6.07, 6.45) is 0. The van der Waals surface area contributed by atoms with Gasteiger partial charge in [0.15, 0.2) is 0 Å². The summed E-state index contributed by atoms with van der Waals surface area (Å²) in [6.45, 7) is 0. The predicted octanol–water partition coefficient (Wildman–Crippen LogP) is -1.84. The molecule has 29 valence electrons. The van der Waals surface area contributed by atoms with E-state index in [4.69, 9.17) is 0 Å². The predicted molar refractivity (Wildman–Crippen MR) is 17.1 cm³/mol. The van der Waals surface area contributed by atoms with E-state index in [1.807, 2.05) is 0 Å². The Morgan fingerprint density at radius 3 is 0.750 bits per heavy atom.